The first-order chi connectivity index (χ1) is 11.7. The summed E-state index contributed by atoms with van der Waals surface area (Å²) in [5.41, 5.74) is 1.87. The molecule has 2 aromatic rings. The highest BCUT2D eigenvalue weighted by Crippen LogP contribution is 2.16. The zero-order chi connectivity index (χ0) is 17.2. The molecule has 0 saturated carbocycles. The smallest absolute Gasteiger partial charge is 0.335 e. The summed E-state index contributed by atoms with van der Waals surface area (Å²) < 4.78 is 16.2. The van der Waals surface area contributed by atoms with E-state index in [1.807, 2.05) is 49.4 Å². The van der Waals surface area contributed by atoms with E-state index in [9.17, 15) is 4.79 Å². The second-order valence-corrected chi connectivity index (χ2v) is 5.15. The monoisotopic (exact) mass is 329 g/mol. The third kappa shape index (κ3) is 5.66. The van der Waals surface area contributed by atoms with E-state index >= 15 is 0 Å². The molecule has 0 aliphatic heterocycles. The molecule has 1 heterocycles. The van der Waals surface area contributed by atoms with Crippen molar-refractivity contribution in [3.05, 3.63) is 59.9 Å². The molecule has 1 unspecified atom stereocenters. The van der Waals surface area contributed by atoms with Crippen LogP contribution in [0.2, 0.25) is 0 Å². The SMILES string of the molecule is CCOC(=O)C(Cc1ccc(OCc2ccccn2)cc1)OCC. The fourth-order valence-electron chi connectivity index (χ4n) is 2.22. The molecule has 0 aliphatic rings. The van der Waals surface area contributed by atoms with Crippen molar-refractivity contribution in [1.82, 2.24) is 4.98 Å². The van der Waals surface area contributed by atoms with Gasteiger partial charge in [0.25, 0.3) is 0 Å². The molecule has 0 aliphatic carbocycles. The van der Waals surface area contributed by atoms with Crippen molar-refractivity contribution in [2.24, 2.45) is 0 Å². The second-order valence-electron chi connectivity index (χ2n) is 5.15. The highest BCUT2D eigenvalue weighted by atomic mass is 16.6. The van der Waals surface area contributed by atoms with Crippen molar-refractivity contribution in [2.75, 3.05) is 13.2 Å². The number of pyridine rings is 1. The summed E-state index contributed by atoms with van der Waals surface area (Å²) in [4.78, 5) is 16.1. The molecule has 0 radical (unpaired) electrons. The van der Waals surface area contributed by atoms with E-state index in [4.69, 9.17) is 14.2 Å². The summed E-state index contributed by atoms with van der Waals surface area (Å²) in [6, 6.07) is 13.3. The summed E-state index contributed by atoms with van der Waals surface area (Å²) in [5.74, 6) is 0.434. The molecule has 0 spiro atoms. The minimum absolute atomic E-state index is 0.324. The van der Waals surface area contributed by atoms with Crippen molar-refractivity contribution in [2.45, 2.75) is 33.0 Å². The molecule has 0 bridgehead atoms. The minimum atomic E-state index is -0.574. The van der Waals surface area contributed by atoms with Gasteiger partial charge in [0, 0.05) is 19.2 Å². The zero-order valence-corrected chi connectivity index (χ0v) is 14.1. The summed E-state index contributed by atoms with van der Waals surface area (Å²) >= 11 is 0. The Bertz CT molecular complexity index is 613. The lowest BCUT2D eigenvalue weighted by Gasteiger charge is -2.15. The fourth-order valence-corrected chi connectivity index (χ4v) is 2.22. The van der Waals surface area contributed by atoms with Crippen molar-refractivity contribution in [3.63, 3.8) is 0 Å². The van der Waals surface area contributed by atoms with E-state index in [1.54, 1.807) is 13.1 Å². The molecule has 0 N–H and O–H groups in total. The highest BCUT2D eigenvalue weighted by Gasteiger charge is 2.20. The molecule has 5 heteroatoms. The lowest BCUT2D eigenvalue weighted by molar-refractivity contribution is -0.156. The Morgan fingerprint density at radius 2 is 1.88 bits per heavy atom. The van der Waals surface area contributed by atoms with Gasteiger partial charge in [0.05, 0.1) is 12.3 Å². The maximum atomic E-state index is 11.9. The number of carbonyl (C=O) groups is 1. The van der Waals surface area contributed by atoms with Crippen LogP contribution < -0.4 is 4.74 Å². The number of nitrogens with zero attached hydrogens (tertiary/aromatic N) is 1. The number of esters is 1. The third-order valence-corrected chi connectivity index (χ3v) is 3.37. The predicted molar refractivity (Wildman–Crippen MR) is 90.8 cm³/mol. The van der Waals surface area contributed by atoms with Crippen LogP contribution in [0.4, 0.5) is 0 Å². The fraction of sp³-hybridized carbons (Fsp3) is 0.368. The Hall–Kier alpha value is -2.40. The van der Waals surface area contributed by atoms with E-state index in [0.29, 0.717) is 26.2 Å². The van der Waals surface area contributed by atoms with Gasteiger partial charge in [0.15, 0.2) is 6.10 Å². The van der Waals surface area contributed by atoms with Crippen molar-refractivity contribution < 1.29 is 19.0 Å². The number of carbonyl (C=O) groups excluding carboxylic acids is 1. The van der Waals surface area contributed by atoms with E-state index < -0.39 is 6.10 Å². The van der Waals surface area contributed by atoms with E-state index in [1.165, 1.54) is 0 Å². The Morgan fingerprint density at radius 3 is 2.50 bits per heavy atom. The van der Waals surface area contributed by atoms with Gasteiger partial charge >= 0.3 is 5.97 Å². The zero-order valence-electron chi connectivity index (χ0n) is 14.1. The van der Waals surface area contributed by atoms with Gasteiger partial charge in [-0.25, -0.2) is 4.79 Å². The molecule has 0 amide bonds. The van der Waals surface area contributed by atoms with Crippen LogP contribution in [0.15, 0.2) is 48.7 Å². The van der Waals surface area contributed by atoms with Crippen LogP contribution in [0.1, 0.15) is 25.1 Å². The summed E-state index contributed by atoms with van der Waals surface area (Å²) in [7, 11) is 0. The van der Waals surface area contributed by atoms with Crippen molar-refractivity contribution in [1.29, 1.82) is 0 Å². The Morgan fingerprint density at radius 1 is 1.08 bits per heavy atom. The summed E-state index contributed by atoms with van der Waals surface area (Å²) in [6.07, 6.45) is 1.65. The standard InChI is InChI=1S/C19H23NO4/c1-3-22-18(19(21)23-4-2)13-15-8-10-17(11-9-15)24-14-16-7-5-6-12-20-16/h5-12,18H,3-4,13-14H2,1-2H3. The van der Waals surface area contributed by atoms with Crippen LogP contribution in [0.25, 0.3) is 0 Å². The number of rotatable bonds is 9. The van der Waals surface area contributed by atoms with Crippen LogP contribution in [0.3, 0.4) is 0 Å². The minimum Gasteiger partial charge on any atom is -0.487 e. The van der Waals surface area contributed by atoms with Crippen LogP contribution >= 0.6 is 0 Å². The molecule has 1 aromatic heterocycles. The first kappa shape index (κ1) is 17.9. The topological polar surface area (TPSA) is 57.7 Å². The predicted octanol–water partition coefficient (Wildman–Crippen LogP) is 3.17. The molecule has 2 rings (SSSR count). The molecule has 0 fully saturated rings. The lowest BCUT2D eigenvalue weighted by Crippen LogP contribution is -2.28. The van der Waals surface area contributed by atoms with Gasteiger partial charge in [-0.3, -0.25) is 4.98 Å². The molecule has 1 aromatic carbocycles. The van der Waals surface area contributed by atoms with Gasteiger partial charge in [0.1, 0.15) is 12.4 Å². The molecular weight excluding hydrogens is 306 g/mol. The number of aromatic nitrogens is 1. The maximum Gasteiger partial charge on any atom is 0.335 e. The first-order valence-electron chi connectivity index (χ1n) is 8.12. The number of hydrogen-bond acceptors (Lipinski definition) is 5. The van der Waals surface area contributed by atoms with E-state index in [0.717, 1.165) is 17.0 Å². The Kier molecular flexibility index (Phi) is 7.23. The van der Waals surface area contributed by atoms with Crippen LogP contribution in [0, 0.1) is 0 Å². The van der Waals surface area contributed by atoms with Crippen LogP contribution in [0.5, 0.6) is 5.75 Å². The van der Waals surface area contributed by atoms with Crippen molar-refractivity contribution in [3.8, 4) is 5.75 Å². The molecular formula is C19H23NO4. The molecule has 128 valence electrons. The van der Waals surface area contributed by atoms with Gasteiger partial charge in [-0.1, -0.05) is 18.2 Å². The molecule has 24 heavy (non-hydrogen) atoms. The van der Waals surface area contributed by atoms with E-state index in [2.05, 4.69) is 4.98 Å². The number of benzene rings is 1. The maximum absolute atomic E-state index is 11.9. The number of ether oxygens (including phenoxy) is 3. The second kappa shape index (κ2) is 9.67. The van der Waals surface area contributed by atoms with E-state index in [-0.39, 0.29) is 5.97 Å². The Balaban J connectivity index is 1.91. The Labute approximate surface area is 142 Å². The van der Waals surface area contributed by atoms with Gasteiger partial charge in [0.2, 0.25) is 0 Å². The third-order valence-electron chi connectivity index (χ3n) is 3.37. The van der Waals surface area contributed by atoms with Gasteiger partial charge in [-0.15, -0.1) is 0 Å². The van der Waals surface area contributed by atoms with Gasteiger partial charge in [-0.2, -0.15) is 0 Å². The summed E-state index contributed by atoms with van der Waals surface area (Å²) in [5, 5.41) is 0. The normalized spacial score (nSPS) is 11.8. The number of hydrogen-bond donors (Lipinski definition) is 0. The van der Waals surface area contributed by atoms with Crippen LogP contribution in [-0.4, -0.2) is 30.3 Å². The van der Waals surface area contributed by atoms with Gasteiger partial charge < -0.3 is 14.2 Å². The molecule has 1 atom stereocenters. The first-order valence-corrected chi connectivity index (χ1v) is 8.12. The average molecular weight is 329 g/mol. The summed E-state index contributed by atoms with van der Waals surface area (Å²) in [6.45, 7) is 4.89. The largest absolute Gasteiger partial charge is 0.487 e. The quantitative estimate of drug-likeness (QED) is 0.661. The molecule has 5 nitrogen and oxygen atoms in total. The van der Waals surface area contributed by atoms with Crippen LogP contribution in [-0.2, 0) is 27.3 Å². The van der Waals surface area contributed by atoms with Gasteiger partial charge in [-0.05, 0) is 43.7 Å². The molecule has 0 saturated heterocycles. The average Bonchev–Trinajstić information content (AvgIpc) is 2.62. The lowest BCUT2D eigenvalue weighted by atomic mass is 10.1. The van der Waals surface area contributed by atoms with Crippen molar-refractivity contribution >= 4 is 5.97 Å². The highest BCUT2D eigenvalue weighted by molar-refractivity contribution is 5.75.